The highest BCUT2D eigenvalue weighted by Crippen LogP contribution is 2.27. The third kappa shape index (κ3) is 7.03. The molecule has 1 aliphatic rings. The number of amides is 3. The molecule has 1 atom stereocenters. The Balaban J connectivity index is 1.76. The lowest BCUT2D eigenvalue weighted by Gasteiger charge is -2.15. The second-order valence-corrected chi connectivity index (χ2v) is 6.24. The summed E-state index contributed by atoms with van der Waals surface area (Å²) in [7, 11) is 1.52. The second kappa shape index (κ2) is 10.7. The smallest absolute Gasteiger partial charge is 0.337 e. The van der Waals surface area contributed by atoms with Gasteiger partial charge in [-0.15, -0.1) is 0 Å². The van der Waals surface area contributed by atoms with Gasteiger partial charge in [0, 0.05) is 18.9 Å². The lowest BCUT2D eigenvalue weighted by molar-refractivity contribution is -0.133. The van der Waals surface area contributed by atoms with Gasteiger partial charge in [-0.1, -0.05) is 0 Å². The average Bonchev–Trinajstić information content (AvgIpc) is 3.15. The van der Waals surface area contributed by atoms with E-state index in [2.05, 4.69) is 16.2 Å². The summed E-state index contributed by atoms with van der Waals surface area (Å²) in [5.41, 5.74) is 4.64. The van der Waals surface area contributed by atoms with Crippen molar-refractivity contribution < 1.29 is 28.2 Å². The molecule has 0 bridgehead atoms. The fourth-order valence-electron chi connectivity index (χ4n) is 2.63. The standard InChI is InChI=1S/C18H26FN3O5/c1-12(26-10-9-25-2)17(23)21-22-18(24)20-13-7-8-16(15(19)11-13)27-14-5-3-4-6-14/h7-8,11-12,14H,3-6,9-10H2,1-2H3,(H,21,23)(H2,20,22,24). The predicted molar refractivity (Wildman–Crippen MR) is 96.9 cm³/mol. The summed E-state index contributed by atoms with van der Waals surface area (Å²) < 4.78 is 29.8. The Morgan fingerprint density at radius 2 is 1.96 bits per heavy atom. The second-order valence-electron chi connectivity index (χ2n) is 6.24. The number of carbonyl (C=O) groups excluding carboxylic acids is 2. The quantitative estimate of drug-likeness (QED) is 0.473. The van der Waals surface area contributed by atoms with E-state index in [1.54, 1.807) is 6.92 Å². The number of urea groups is 1. The van der Waals surface area contributed by atoms with E-state index in [4.69, 9.17) is 14.2 Å². The number of hydrogen-bond donors (Lipinski definition) is 3. The van der Waals surface area contributed by atoms with Crippen molar-refractivity contribution in [1.82, 2.24) is 10.9 Å². The van der Waals surface area contributed by atoms with Crippen LogP contribution in [0.25, 0.3) is 0 Å². The number of rotatable bonds is 8. The summed E-state index contributed by atoms with van der Waals surface area (Å²) in [4.78, 5) is 23.6. The van der Waals surface area contributed by atoms with Crippen molar-refractivity contribution in [1.29, 1.82) is 0 Å². The van der Waals surface area contributed by atoms with Gasteiger partial charge in [-0.2, -0.15) is 0 Å². The highest BCUT2D eigenvalue weighted by molar-refractivity contribution is 5.91. The van der Waals surface area contributed by atoms with Gasteiger partial charge in [-0.3, -0.25) is 10.2 Å². The number of ether oxygens (including phenoxy) is 3. The summed E-state index contributed by atoms with van der Waals surface area (Å²) in [6, 6.07) is 3.47. The van der Waals surface area contributed by atoms with E-state index in [0.29, 0.717) is 6.61 Å². The third-order valence-electron chi connectivity index (χ3n) is 4.11. The first-order chi connectivity index (χ1) is 13.0. The summed E-state index contributed by atoms with van der Waals surface area (Å²) in [6.45, 7) is 2.16. The number of halogens is 1. The first kappa shape index (κ1) is 20.9. The minimum absolute atomic E-state index is 0.0462. The van der Waals surface area contributed by atoms with Crippen molar-refractivity contribution in [3.63, 3.8) is 0 Å². The number of nitrogens with one attached hydrogen (secondary N) is 3. The maximum Gasteiger partial charge on any atom is 0.337 e. The number of anilines is 1. The molecule has 8 nitrogen and oxygen atoms in total. The van der Waals surface area contributed by atoms with Crippen molar-refractivity contribution in [3.05, 3.63) is 24.0 Å². The van der Waals surface area contributed by atoms with E-state index in [1.165, 1.54) is 25.3 Å². The molecule has 0 heterocycles. The van der Waals surface area contributed by atoms with Gasteiger partial charge in [-0.25, -0.2) is 14.6 Å². The Kier molecular flexibility index (Phi) is 8.28. The lowest BCUT2D eigenvalue weighted by atomic mass is 10.2. The predicted octanol–water partition coefficient (Wildman–Crippen LogP) is 2.35. The molecule has 0 aromatic heterocycles. The molecule has 3 N–H and O–H groups in total. The fourth-order valence-corrected chi connectivity index (χ4v) is 2.63. The first-order valence-electron chi connectivity index (χ1n) is 8.93. The van der Waals surface area contributed by atoms with Crippen LogP contribution in [0.2, 0.25) is 0 Å². The van der Waals surface area contributed by atoms with Crippen LogP contribution in [-0.4, -0.2) is 44.5 Å². The lowest BCUT2D eigenvalue weighted by Crippen LogP contribution is -2.48. The first-order valence-corrected chi connectivity index (χ1v) is 8.93. The Hall–Kier alpha value is -2.39. The summed E-state index contributed by atoms with van der Waals surface area (Å²) in [5.74, 6) is -0.903. The molecule has 9 heteroatoms. The van der Waals surface area contributed by atoms with Gasteiger partial charge in [0.1, 0.15) is 6.10 Å². The molecule has 1 fully saturated rings. The zero-order chi connectivity index (χ0) is 19.6. The molecule has 3 amide bonds. The van der Waals surface area contributed by atoms with Crippen LogP contribution in [0.4, 0.5) is 14.9 Å². The van der Waals surface area contributed by atoms with Crippen molar-refractivity contribution in [2.45, 2.75) is 44.8 Å². The molecule has 1 saturated carbocycles. The topological polar surface area (TPSA) is 97.9 Å². The number of hydrogen-bond acceptors (Lipinski definition) is 5. The van der Waals surface area contributed by atoms with Crippen molar-refractivity contribution >= 4 is 17.6 Å². The monoisotopic (exact) mass is 383 g/mol. The van der Waals surface area contributed by atoms with E-state index in [9.17, 15) is 14.0 Å². The molecular formula is C18H26FN3O5. The highest BCUT2D eigenvalue weighted by atomic mass is 19.1. The molecule has 0 radical (unpaired) electrons. The number of benzene rings is 1. The molecule has 27 heavy (non-hydrogen) atoms. The van der Waals surface area contributed by atoms with Crippen LogP contribution in [-0.2, 0) is 14.3 Å². The van der Waals surface area contributed by atoms with Gasteiger partial charge >= 0.3 is 6.03 Å². The van der Waals surface area contributed by atoms with Gasteiger partial charge in [0.05, 0.1) is 19.3 Å². The Labute approximate surface area is 157 Å². The van der Waals surface area contributed by atoms with E-state index in [0.717, 1.165) is 25.7 Å². The molecule has 1 aromatic carbocycles. The maximum atomic E-state index is 14.1. The molecule has 0 spiro atoms. The van der Waals surface area contributed by atoms with Crippen LogP contribution in [0.15, 0.2) is 18.2 Å². The third-order valence-corrected chi connectivity index (χ3v) is 4.11. The molecule has 2 rings (SSSR count). The number of hydrazine groups is 1. The van der Waals surface area contributed by atoms with Crippen LogP contribution in [0.5, 0.6) is 5.75 Å². The molecular weight excluding hydrogens is 357 g/mol. The van der Waals surface area contributed by atoms with Gasteiger partial charge in [0.25, 0.3) is 5.91 Å². The Morgan fingerprint density at radius 3 is 2.63 bits per heavy atom. The van der Waals surface area contributed by atoms with Gasteiger partial charge in [0.15, 0.2) is 11.6 Å². The van der Waals surface area contributed by atoms with E-state index < -0.39 is 23.9 Å². The van der Waals surface area contributed by atoms with Crippen LogP contribution < -0.4 is 20.9 Å². The minimum atomic E-state index is -0.759. The molecule has 1 unspecified atom stereocenters. The average molecular weight is 383 g/mol. The van der Waals surface area contributed by atoms with Crippen molar-refractivity contribution in [2.24, 2.45) is 0 Å². The fraction of sp³-hybridized carbons (Fsp3) is 0.556. The molecule has 1 aliphatic carbocycles. The summed E-state index contributed by atoms with van der Waals surface area (Å²) in [6.07, 6.45) is 3.32. The molecule has 0 aliphatic heterocycles. The number of carbonyl (C=O) groups is 2. The molecule has 1 aromatic rings. The highest BCUT2D eigenvalue weighted by Gasteiger charge is 2.18. The minimum Gasteiger partial charge on any atom is -0.487 e. The summed E-state index contributed by atoms with van der Waals surface area (Å²) in [5, 5.41) is 2.43. The Bertz CT molecular complexity index is 637. The van der Waals surface area contributed by atoms with Crippen LogP contribution >= 0.6 is 0 Å². The molecule has 0 saturated heterocycles. The van der Waals surface area contributed by atoms with Crippen LogP contribution in [0, 0.1) is 5.82 Å². The van der Waals surface area contributed by atoms with Gasteiger partial charge in [0.2, 0.25) is 0 Å². The Morgan fingerprint density at radius 1 is 1.22 bits per heavy atom. The zero-order valence-corrected chi connectivity index (χ0v) is 15.5. The van der Waals surface area contributed by atoms with Crippen LogP contribution in [0.1, 0.15) is 32.6 Å². The van der Waals surface area contributed by atoms with E-state index >= 15 is 0 Å². The normalized spacial score (nSPS) is 15.2. The van der Waals surface area contributed by atoms with E-state index in [1.807, 2.05) is 0 Å². The van der Waals surface area contributed by atoms with Crippen molar-refractivity contribution in [3.8, 4) is 5.75 Å². The van der Waals surface area contributed by atoms with Crippen LogP contribution in [0.3, 0.4) is 0 Å². The number of methoxy groups -OCH3 is 1. The van der Waals surface area contributed by atoms with E-state index in [-0.39, 0.29) is 24.1 Å². The maximum absolute atomic E-state index is 14.1. The van der Waals surface area contributed by atoms with Crippen molar-refractivity contribution in [2.75, 3.05) is 25.6 Å². The molecule has 150 valence electrons. The SMILES string of the molecule is COCCOC(C)C(=O)NNC(=O)Nc1ccc(OC2CCCC2)c(F)c1. The van der Waals surface area contributed by atoms with Gasteiger partial charge in [-0.05, 0) is 44.7 Å². The van der Waals surface area contributed by atoms with Gasteiger partial charge < -0.3 is 19.5 Å². The zero-order valence-electron chi connectivity index (χ0n) is 15.5. The largest absolute Gasteiger partial charge is 0.487 e. The summed E-state index contributed by atoms with van der Waals surface area (Å²) >= 11 is 0.